The lowest BCUT2D eigenvalue weighted by molar-refractivity contribution is 1.74. The second-order valence-corrected chi connectivity index (χ2v) is 2.49. The van der Waals surface area contributed by atoms with Gasteiger partial charge in [0.15, 0.2) is 0 Å². The molecule has 0 N–H and O–H groups in total. The molecular formula is C5H9BS. The van der Waals surface area contributed by atoms with E-state index in [4.69, 9.17) is 0 Å². The molecule has 0 aliphatic heterocycles. The highest BCUT2D eigenvalue weighted by Gasteiger charge is 1.73. The highest BCUT2D eigenvalue weighted by atomic mass is 32.2. The summed E-state index contributed by atoms with van der Waals surface area (Å²) in [5.41, 5.74) is 0. The van der Waals surface area contributed by atoms with Crippen molar-refractivity contribution in [1.29, 1.82) is 0 Å². The van der Waals surface area contributed by atoms with Crippen molar-refractivity contribution >= 4 is 19.6 Å². The maximum atomic E-state index is 3.70. The second-order valence-electron chi connectivity index (χ2n) is 1.29. The van der Waals surface area contributed by atoms with Gasteiger partial charge in [0.2, 0.25) is 0 Å². The third-order valence-electron chi connectivity index (χ3n) is 0.405. The Morgan fingerprint density at radius 2 is 2.43 bits per heavy atom. The second kappa shape index (κ2) is 4.06. The van der Waals surface area contributed by atoms with Crippen LogP contribution in [0, 0.1) is 0 Å². The van der Waals surface area contributed by atoms with Crippen LogP contribution in [0.4, 0.5) is 0 Å². The molecule has 38 valence electrons. The maximum absolute atomic E-state index is 3.70. The lowest BCUT2D eigenvalue weighted by Gasteiger charge is -1.84. The molecule has 0 saturated heterocycles. The first kappa shape index (κ1) is 6.89. The Hall–Kier alpha value is -0.105. The van der Waals surface area contributed by atoms with Crippen molar-refractivity contribution in [2.45, 2.75) is 6.92 Å². The molecule has 0 aromatic heterocycles. The summed E-state index contributed by atoms with van der Waals surface area (Å²) in [6, 6.07) is 0. The summed E-state index contributed by atoms with van der Waals surface area (Å²) in [7, 11) is 2.00. The van der Waals surface area contributed by atoms with Crippen molar-refractivity contribution in [3.8, 4) is 0 Å². The normalized spacial score (nSPS) is 9.86. The minimum Gasteiger partial charge on any atom is -0.117 e. The molecule has 0 aliphatic rings. The molecule has 0 aromatic rings. The minimum absolute atomic E-state index is 1.14. The van der Waals surface area contributed by atoms with Crippen LogP contribution < -0.4 is 0 Å². The van der Waals surface area contributed by atoms with E-state index in [0.717, 1.165) is 4.91 Å². The van der Waals surface area contributed by atoms with Crippen LogP contribution in [0.1, 0.15) is 6.92 Å². The van der Waals surface area contributed by atoms with Gasteiger partial charge in [-0.2, -0.15) is 0 Å². The molecule has 0 spiro atoms. The van der Waals surface area contributed by atoms with E-state index < -0.39 is 0 Å². The first-order valence-electron chi connectivity index (χ1n) is 2.20. The van der Waals surface area contributed by atoms with Crippen LogP contribution in [0.2, 0.25) is 0 Å². The summed E-state index contributed by atoms with van der Waals surface area (Å²) in [5.74, 6) is 2.00. The quantitative estimate of drug-likeness (QED) is 0.486. The fourth-order valence-corrected chi connectivity index (χ4v) is 0.553. The molecule has 0 nitrogen and oxygen atoms in total. The van der Waals surface area contributed by atoms with Gasteiger partial charge in [-0.3, -0.25) is 0 Å². The molecular weight excluding hydrogens is 103 g/mol. The molecule has 0 saturated carbocycles. The summed E-state index contributed by atoms with van der Waals surface area (Å²) < 4.78 is 0. The molecule has 0 atom stereocenters. The summed E-state index contributed by atoms with van der Waals surface area (Å²) in [6.45, 7) is 5.70. The first-order chi connectivity index (χ1) is 3.27. The average molecular weight is 112 g/mol. The van der Waals surface area contributed by atoms with Gasteiger partial charge in [0.25, 0.3) is 0 Å². The van der Waals surface area contributed by atoms with E-state index in [1.165, 1.54) is 0 Å². The molecule has 0 unspecified atom stereocenters. The number of allylic oxidation sites excluding steroid dienone is 1. The molecule has 0 fully saturated rings. The van der Waals surface area contributed by atoms with Crippen LogP contribution in [0.25, 0.3) is 0 Å². The van der Waals surface area contributed by atoms with Gasteiger partial charge in [-0.25, -0.2) is 0 Å². The van der Waals surface area contributed by atoms with E-state index in [1.54, 1.807) is 11.8 Å². The van der Waals surface area contributed by atoms with Gasteiger partial charge in [-0.05, 0) is 17.2 Å². The molecule has 0 amide bonds. The predicted molar refractivity (Wildman–Crippen MR) is 40.1 cm³/mol. The van der Waals surface area contributed by atoms with E-state index in [0.29, 0.717) is 0 Å². The number of hydrogen-bond acceptors (Lipinski definition) is 1. The van der Waals surface area contributed by atoms with Crippen molar-refractivity contribution < 1.29 is 0 Å². The Morgan fingerprint density at radius 3 is 2.57 bits per heavy atom. The SMILES string of the molecule is B/C=C/SC(=C)C. The van der Waals surface area contributed by atoms with Crippen molar-refractivity contribution in [1.82, 2.24) is 0 Å². The highest BCUT2D eigenvalue weighted by Crippen LogP contribution is 2.11. The molecule has 0 bridgehead atoms. The average Bonchev–Trinajstić information content (AvgIpc) is 1.61. The summed E-state index contributed by atoms with van der Waals surface area (Å²) >= 11 is 1.66. The van der Waals surface area contributed by atoms with Gasteiger partial charge in [0.1, 0.15) is 7.85 Å². The zero-order valence-corrected chi connectivity index (χ0v) is 5.59. The summed E-state index contributed by atoms with van der Waals surface area (Å²) in [4.78, 5) is 1.14. The van der Waals surface area contributed by atoms with E-state index in [-0.39, 0.29) is 0 Å². The van der Waals surface area contributed by atoms with Crippen molar-refractivity contribution in [3.05, 3.63) is 22.9 Å². The van der Waals surface area contributed by atoms with Crippen LogP contribution in [0.5, 0.6) is 0 Å². The van der Waals surface area contributed by atoms with Crippen LogP contribution in [0.3, 0.4) is 0 Å². The Labute approximate surface area is 50.1 Å². The number of rotatable bonds is 2. The first-order valence-corrected chi connectivity index (χ1v) is 3.08. The summed E-state index contributed by atoms with van der Waals surface area (Å²) in [6.07, 6.45) is 0. The monoisotopic (exact) mass is 112 g/mol. The Balaban J connectivity index is 3.14. The third-order valence-corrected chi connectivity index (χ3v) is 1.22. The fourth-order valence-electron chi connectivity index (χ4n) is 0.184. The molecule has 0 radical (unpaired) electrons. The van der Waals surface area contributed by atoms with Crippen molar-refractivity contribution in [2.75, 3.05) is 0 Å². The predicted octanol–water partition coefficient (Wildman–Crippen LogP) is 1.36. The Morgan fingerprint density at radius 1 is 1.86 bits per heavy atom. The topological polar surface area (TPSA) is 0 Å². The van der Waals surface area contributed by atoms with Gasteiger partial charge >= 0.3 is 0 Å². The lowest BCUT2D eigenvalue weighted by atomic mass is 10.2. The molecule has 0 aliphatic carbocycles. The zero-order valence-electron chi connectivity index (χ0n) is 4.77. The Kier molecular flexibility index (Phi) is 4.00. The minimum atomic E-state index is 1.14. The standard InChI is InChI=1S/C5H9BS/c1-5(2)7-4-3-6/h3-4H,1,6H2,2H3/b4-3+. The van der Waals surface area contributed by atoms with E-state index >= 15 is 0 Å². The van der Waals surface area contributed by atoms with Gasteiger partial charge in [-0.15, -0.1) is 17.7 Å². The van der Waals surface area contributed by atoms with Crippen LogP contribution >= 0.6 is 11.8 Å². The number of thioether (sulfide) groups is 1. The molecule has 0 heterocycles. The van der Waals surface area contributed by atoms with Crippen molar-refractivity contribution in [3.63, 3.8) is 0 Å². The highest BCUT2D eigenvalue weighted by molar-refractivity contribution is 8.05. The Bertz CT molecular complexity index is 86.1. The zero-order chi connectivity index (χ0) is 5.70. The van der Waals surface area contributed by atoms with Crippen LogP contribution in [-0.4, -0.2) is 7.85 Å². The van der Waals surface area contributed by atoms with Crippen LogP contribution in [0.15, 0.2) is 22.9 Å². The molecule has 2 heteroatoms. The number of hydrogen-bond donors (Lipinski definition) is 0. The molecule has 0 rings (SSSR count). The van der Waals surface area contributed by atoms with Crippen molar-refractivity contribution in [2.24, 2.45) is 0 Å². The summed E-state index contributed by atoms with van der Waals surface area (Å²) in [5, 5.41) is 2.02. The molecule has 7 heavy (non-hydrogen) atoms. The van der Waals surface area contributed by atoms with Crippen LogP contribution in [-0.2, 0) is 0 Å². The fraction of sp³-hybridized carbons (Fsp3) is 0.200. The smallest absolute Gasteiger partial charge is 0.117 e. The lowest BCUT2D eigenvalue weighted by Crippen LogP contribution is -1.53. The molecule has 0 aromatic carbocycles. The maximum Gasteiger partial charge on any atom is 0.130 e. The van der Waals surface area contributed by atoms with Gasteiger partial charge in [0.05, 0.1) is 0 Å². The van der Waals surface area contributed by atoms with E-state index in [2.05, 4.69) is 6.58 Å². The third kappa shape index (κ3) is 5.89. The van der Waals surface area contributed by atoms with E-state index in [1.807, 2.05) is 26.2 Å². The van der Waals surface area contributed by atoms with Gasteiger partial charge in [-0.1, -0.05) is 6.58 Å². The van der Waals surface area contributed by atoms with Gasteiger partial charge in [0, 0.05) is 0 Å². The van der Waals surface area contributed by atoms with Gasteiger partial charge < -0.3 is 0 Å². The van der Waals surface area contributed by atoms with E-state index in [9.17, 15) is 0 Å². The largest absolute Gasteiger partial charge is 0.130 e.